The van der Waals surface area contributed by atoms with E-state index in [1.54, 1.807) is 6.07 Å². The Labute approximate surface area is 118 Å². The zero-order chi connectivity index (χ0) is 14.8. The van der Waals surface area contributed by atoms with Gasteiger partial charge in [0, 0.05) is 19.7 Å². The average Bonchev–Trinajstić information content (AvgIpc) is 2.82. The van der Waals surface area contributed by atoms with Gasteiger partial charge >= 0.3 is 5.97 Å². The second-order valence-corrected chi connectivity index (χ2v) is 6.66. The second kappa shape index (κ2) is 5.90. The lowest BCUT2D eigenvalue weighted by atomic mass is 10.1. The van der Waals surface area contributed by atoms with Crippen molar-refractivity contribution in [3.8, 4) is 0 Å². The number of carboxylic acids is 1. The van der Waals surface area contributed by atoms with E-state index in [2.05, 4.69) is 0 Å². The molecule has 0 saturated heterocycles. The number of hydrogen-bond acceptors (Lipinski definition) is 4. The number of rotatable bonds is 6. The molecule has 0 radical (unpaired) electrons. The summed E-state index contributed by atoms with van der Waals surface area (Å²) in [5.41, 5.74) is 1.79. The van der Waals surface area contributed by atoms with E-state index in [0.29, 0.717) is 13.2 Å². The minimum atomic E-state index is -3.37. The smallest absolute Gasteiger partial charge is 0.335 e. The zero-order valence-corrected chi connectivity index (χ0v) is 12.0. The molecular formula is C13H17NO5S. The van der Waals surface area contributed by atoms with Crippen LogP contribution in [0.2, 0.25) is 0 Å². The van der Waals surface area contributed by atoms with Gasteiger partial charge in [-0.05, 0) is 30.2 Å². The maximum absolute atomic E-state index is 12.1. The molecule has 0 aromatic heterocycles. The molecule has 1 aromatic rings. The third-order valence-electron chi connectivity index (χ3n) is 3.23. The minimum Gasteiger partial charge on any atom is -0.478 e. The van der Waals surface area contributed by atoms with Crippen LogP contribution in [0.15, 0.2) is 18.2 Å². The molecule has 0 aliphatic carbocycles. The molecule has 0 unspecified atom stereocenters. The third kappa shape index (κ3) is 3.17. The minimum absolute atomic E-state index is 0.0549. The Morgan fingerprint density at radius 1 is 1.35 bits per heavy atom. The molecule has 2 rings (SSSR count). The van der Waals surface area contributed by atoms with Crippen molar-refractivity contribution in [2.75, 3.05) is 19.0 Å². The van der Waals surface area contributed by atoms with Gasteiger partial charge in [-0.1, -0.05) is 6.07 Å². The van der Waals surface area contributed by atoms with Gasteiger partial charge in [0.05, 0.1) is 17.9 Å². The number of aromatic carboxylic acids is 1. The van der Waals surface area contributed by atoms with Gasteiger partial charge in [0.1, 0.15) is 0 Å². The fraction of sp³-hybridized carbons (Fsp3) is 0.462. The zero-order valence-electron chi connectivity index (χ0n) is 11.2. The Bertz CT molecular complexity index is 611. The summed E-state index contributed by atoms with van der Waals surface area (Å²) in [7, 11) is -3.37. The molecular weight excluding hydrogens is 282 g/mol. The molecule has 7 heteroatoms. The van der Waals surface area contributed by atoms with Gasteiger partial charge in [-0.3, -0.25) is 0 Å². The fourth-order valence-corrected chi connectivity index (χ4v) is 3.39. The van der Waals surface area contributed by atoms with Gasteiger partial charge in [0.15, 0.2) is 0 Å². The van der Waals surface area contributed by atoms with Gasteiger partial charge in [0.2, 0.25) is 10.0 Å². The largest absolute Gasteiger partial charge is 0.478 e. The Kier molecular flexibility index (Phi) is 4.42. The summed E-state index contributed by atoms with van der Waals surface area (Å²) in [6.45, 7) is 2.99. The van der Waals surface area contributed by atoms with Crippen LogP contribution in [0.5, 0.6) is 0 Å². The SMILES string of the molecule is CCOCCS(=O)(=O)N1Cc2ccc(C(=O)O)cc2C1. The fourth-order valence-electron chi connectivity index (χ4n) is 2.13. The first-order valence-electron chi connectivity index (χ1n) is 6.34. The molecule has 0 spiro atoms. The molecule has 0 bridgehead atoms. The van der Waals surface area contributed by atoms with Crippen molar-refractivity contribution in [2.24, 2.45) is 0 Å². The molecule has 1 aliphatic rings. The molecule has 0 amide bonds. The van der Waals surface area contributed by atoms with E-state index >= 15 is 0 Å². The van der Waals surface area contributed by atoms with Crippen LogP contribution >= 0.6 is 0 Å². The number of sulfonamides is 1. The second-order valence-electron chi connectivity index (χ2n) is 4.57. The van der Waals surface area contributed by atoms with Gasteiger partial charge in [0.25, 0.3) is 0 Å². The number of nitrogens with zero attached hydrogens (tertiary/aromatic N) is 1. The van der Waals surface area contributed by atoms with E-state index in [1.165, 1.54) is 16.4 Å². The highest BCUT2D eigenvalue weighted by Gasteiger charge is 2.29. The van der Waals surface area contributed by atoms with Crippen LogP contribution in [0, 0.1) is 0 Å². The topological polar surface area (TPSA) is 83.9 Å². The van der Waals surface area contributed by atoms with Crippen molar-refractivity contribution < 1.29 is 23.1 Å². The van der Waals surface area contributed by atoms with E-state index in [-0.39, 0.29) is 24.5 Å². The molecule has 0 atom stereocenters. The quantitative estimate of drug-likeness (QED) is 0.794. The summed E-state index contributed by atoms with van der Waals surface area (Å²) in [5, 5.41) is 8.94. The van der Waals surface area contributed by atoms with Crippen LogP contribution in [-0.2, 0) is 27.8 Å². The van der Waals surface area contributed by atoms with E-state index < -0.39 is 16.0 Å². The lowest BCUT2D eigenvalue weighted by Crippen LogP contribution is -2.29. The Hall–Kier alpha value is -1.44. The number of carboxylic acid groups (broad SMARTS) is 1. The van der Waals surface area contributed by atoms with Crippen molar-refractivity contribution in [2.45, 2.75) is 20.0 Å². The van der Waals surface area contributed by atoms with Crippen LogP contribution in [0.1, 0.15) is 28.4 Å². The van der Waals surface area contributed by atoms with Crippen molar-refractivity contribution in [1.82, 2.24) is 4.31 Å². The Balaban J connectivity index is 2.10. The van der Waals surface area contributed by atoms with Crippen LogP contribution in [0.25, 0.3) is 0 Å². The first-order valence-corrected chi connectivity index (χ1v) is 7.95. The number of hydrogen-bond donors (Lipinski definition) is 1. The standard InChI is InChI=1S/C13H17NO5S/c1-2-19-5-6-20(17,18)14-8-11-4-3-10(13(15)16)7-12(11)9-14/h3-4,7H,2,5-6,8-9H2,1H3,(H,15,16). The number of ether oxygens (including phenoxy) is 1. The molecule has 6 nitrogen and oxygen atoms in total. The van der Waals surface area contributed by atoms with Crippen molar-refractivity contribution in [3.05, 3.63) is 34.9 Å². The summed E-state index contributed by atoms with van der Waals surface area (Å²) in [4.78, 5) is 10.9. The highest BCUT2D eigenvalue weighted by Crippen LogP contribution is 2.26. The predicted octanol–water partition coefficient (Wildman–Crippen LogP) is 1.07. The van der Waals surface area contributed by atoms with Gasteiger partial charge in [-0.25, -0.2) is 13.2 Å². The number of benzene rings is 1. The molecule has 0 fully saturated rings. The van der Waals surface area contributed by atoms with E-state index in [0.717, 1.165) is 11.1 Å². The third-order valence-corrected chi connectivity index (χ3v) is 4.96. The molecule has 1 N–H and O–H groups in total. The Morgan fingerprint density at radius 2 is 2.05 bits per heavy atom. The average molecular weight is 299 g/mol. The van der Waals surface area contributed by atoms with Crippen LogP contribution in [0.3, 0.4) is 0 Å². The molecule has 110 valence electrons. The van der Waals surface area contributed by atoms with E-state index in [9.17, 15) is 13.2 Å². The lowest BCUT2D eigenvalue weighted by molar-refractivity contribution is 0.0696. The molecule has 0 saturated carbocycles. The van der Waals surface area contributed by atoms with Crippen LogP contribution in [-0.4, -0.2) is 42.8 Å². The molecule has 1 aromatic carbocycles. The predicted molar refractivity (Wildman–Crippen MR) is 72.9 cm³/mol. The summed E-state index contributed by atoms with van der Waals surface area (Å²) >= 11 is 0. The van der Waals surface area contributed by atoms with Crippen molar-refractivity contribution >= 4 is 16.0 Å². The van der Waals surface area contributed by atoms with Crippen molar-refractivity contribution in [3.63, 3.8) is 0 Å². The molecule has 1 heterocycles. The van der Waals surface area contributed by atoms with Crippen molar-refractivity contribution in [1.29, 1.82) is 0 Å². The first-order chi connectivity index (χ1) is 9.44. The van der Waals surface area contributed by atoms with Gasteiger partial charge in [-0.2, -0.15) is 4.31 Å². The molecule has 1 aliphatic heterocycles. The summed E-state index contributed by atoms with van der Waals surface area (Å²) in [6, 6.07) is 4.71. The van der Waals surface area contributed by atoms with Gasteiger partial charge < -0.3 is 9.84 Å². The number of carbonyl (C=O) groups is 1. The monoisotopic (exact) mass is 299 g/mol. The van der Waals surface area contributed by atoms with Crippen LogP contribution in [0.4, 0.5) is 0 Å². The Morgan fingerprint density at radius 3 is 2.70 bits per heavy atom. The summed E-state index contributed by atoms with van der Waals surface area (Å²) < 4.78 is 30.7. The van der Waals surface area contributed by atoms with Gasteiger partial charge in [-0.15, -0.1) is 0 Å². The summed E-state index contributed by atoms with van der Waals surface area (Å²) in [5.74, 6) is -1.06. The number of fused-ring (bicyclic) bond motifs is 1. The maximum Gasteiger partial charge on any atom is 0.335 e. The normalized spacial score (nSPS) is 15.2. The van der Waals surface area contributed by atoms with E-state index in [4.69, 9.17) is 9.84 Å². The van der Waals surface area contributed by atoms with Crippen LogP contribution < -0.4 is 0 Å². The summed E-state index contributed by atoms with van der Waals surface area (Å²) in [6.07, 6.45) is 0. The highest BCUT2D eigenvalue weighted by molar-refractivity contribution is 7.89. The lowest BCUT2D eigenvalue weighted by Gasteiger charge is -2.15. The van der Waals surface area contributed by atoms with E-state index in [1.807, 2.05) is 6.92 Å². The maximum atomic E-state index is 12.1. The molecule has 20 heavy (non-hydrogen) atoms. The highest BCUT2D eigenvalue weighted by atomic mass is 32.2. The first kappa shape index (κ1) is 15.0.